The lowest BCUT2D eigenvalue weighted by Gasteiger charge is -2.24. The molecule has 1 unspecified atom stereocenters. The number of hydrogen-bond donors (Lipinski definition) is 0. The molecule has 1 amide bonds. The largest absolute Gasteiger partial charge is 0.332 e. The van der Waals surface area contributed by atoms with E-state index < -0.39 is 0 Å². The van der Waals surface area contributed by atoms with Gasteiger partial charge in [-0.25, -0.2) is 0 Å². The molecule has 1 heterocycles. The fourth-order valence-electron chi connectivity index (χ4n) is 1.96. The second-order valence-corrected chi connectivity index (χ2v) is 4.06. The molecule has 14 heavy (non-hydrogen) atoms. The average molecular weight is 195 g/mol. The summed E-state index contributed by atoms with van der Waals surface area (Å²) in [4.78, 5) is 13.8. The molecule has 0 aliphatic carbocycles. The van der Waals surface area contributed by atoms with Gasteiger partial charge in [0.25, 0.3) is 0 Å². The minimum Gasteiger partial charge on any atom is -0.332 e. The molecule has 80 valence electrons. The van der Waals surface area contributed by atoms with Crippen LogP contribution in [0.5, 0.6) is 0 Å². The summed E-state index contributed by atoms with van der Waals surface area (Å²) in [6, 6.07) is 0.374. The van der Waals surface area contributed by atoms with E-state index >= 15 is 0 Å². The molecule has 0 bridgehead atoms. The lowest BCUT2D eigenvalue weighted by atomic mass is 10.1. The summed E-state index contributed by atoms with van der Waals surface area (Å²) < 4.78 is 0. The molecular formula is C12H21NO. The first-order chi connectivity index (χ1) is 6.70. The molecule has 0 aromatic rings. The van der Waals surface area contributed by atoms with E-state index in [1.807, 2.05) is 11.8 Å². The van der Waals surface area contributed by atoms with E-state index in [-0.39, 0.29) is 5.91 Å². The van der Waals surface area contributed by atoms with Gasteiger partial charge >= 0.3 is 0 Å². The molecule has 0 aromatic carbocycles. The lowest BCUT2D eigenvalue weighted by molar-refractivity contribution is -0.127. The molecule has 0 saturated heterocycles. The van der Waals surface area contributed by atoms with Crippen molar-refractivity contribution in [3.05, 3.63) is 11.6 Å². The Bertz CT molecular complexity index is 232. The Balaban J connectivity index is 2.57. The molecule has 1 aliphatic rings. The van der Waals surface area contributed by atoms with Crippen LogP contribution in [0.15, 0.2) is 11.6 Å². The summed E-state index contributed by atoms with van der Waals surface area (Å²) in [6.07, 6.45) is 6.65. The fourth-order valence-corrected chi connectivity index (χ4v) is 1.96. The number of unbranched alkanes of at least 4 members (excludes halogenated alkanes) is 1. The van der Waals surface area contributed by atoms with Crippen molar-refractivity contribution in [3.63, 3.8) is 0 Å². The Morgan fingerprint density at radius 3 is 2.64 bits per heavy atom. The zero-order valence-electron chi connectivity index (χ0n) is 9.55. The van der Waals surface area contributed by atoms with E-state index in [2.05, 4.69) is 19.9 Å². The molecule has 0 spiro atoms. The summed E-state index contributed by atoms with van der Waals surface area (Å²) in [5.74, 6) is 0.247. The Kier molecular flexibility index (Phi) is 4.18. The predicted molar refractivity (Wildman–Crippen MR) is 59.1 cm³/mol. The fraction of sp³-hybridized carbons (Fsp3) is 0.750. The Hall–Kier alpha value is -0.790. The molecule has 0 fully saturated rings. The van der Waals surface area contributed by atoms with Gasteiger partial charge < -0.3 is 4.90 Å². The van der Waals surface area contributed by atoms with E-state index in [0.29, 0.717) is 6.04 Å². The Morgan fingerprint density at radius 2 is 2.07 bits per heavy atom. The van der Waals surface area contributed by atoms with E-state index in [0.717, 1.165) is 37.8 Å². The van der Waals surface area contributed by atoms with E-state index in [9.17, 15) is 4.79 Å². The lowest BCUT2D eigenvalue weighted by Crippen LogP contribution is -2.35. The van der Waals surface area contributed by atoms with Crippen molar-refractivity contribution in [1.29, 1.82) is 0 Å². The molecule has 2 heteroatoms. The van der Waals surface area contributed by atoms with Crippen LogP contribution >= 0.6 is 0 Å². The van der Waals surface area contributed by atoms with Gasteiger partial charge in [0.2, 0.25) is 5.91 Å². The van der Waals surface area contributed by atoms with Crippen LogP contribution in [0.2, 0.25) is 0 Å². The number of hydrogen-bond acceptors (Lipinski definition) is 1. The number of rotatable bonds is 5. The van der Waals surface area contributed by atoms with Crippen LogP contribution in [0, 0.1) is 0 Å². The molecular weight excluding hydrogens is 174 g/mol. The van der Waals surface area contributed by atoms with Gasteiger partial charge in [-0.2, -0.15) is 0 Å². The van der Waals surface area contributed by atoms with E-state index in [4.69, 9.17) is 0 Å². The smallest absolute Gasteiger partial charge is 0.249 e. The minimum atomic E-state index is 0.247. The number of nitrogens with zero attached hydrogens (tertiary/aromatic N) is 1. The van der Waals surface area contributed by atoms with Crippen molar-refractivity contribution >= 4 is 5.91 Å². The number of amides is 1. The monoisotopic (exact) mass is 195 g/mol. The van der Waals surface area contributed by atoms with Gasteiger partial charge in [0, 0.05) is 12.1 Å². The first-order valence-electron chi connectivity index (χ1n) is 5.70. The van der Waals surface area contributed by atoms with E-state index in [1.165, 1.54) is 0 Å². The third-order valence-corrected chi connectivity index (χ3v) is 2.78. The highest BCUT2D eigenvalue weighted by atomic mass is 16.2. The molecule has 0 aromatic heterocycles. The van der Waals surface area contributed by atoms with Crippen LogP contribution in [0.3, 0.4) is 0 Å². The van der Waals surface area contributed by atoms with Crippen molar-refractivity contribution in [2.75, 3.05) is 6.54 Å². The maximum Gasteiger partial charge on any atom is 0.249 e. The van der Waals surface area contributed by atoms with Crippen LogP contribution < -0.4 is 0 Å². The molecule has 1 atom stereocenters. The topological polar surface area (TPSA) is 20.3 Å². The third-order valence-electron chi connectivity index (χ3n) is 2.78. The number of carbonyl (C=O) groups is 1. The van der Waals surface area contributed by atoms with Gasteiger partial charge in [0.1, 0.15) is 0 Å². The van der Waals surface area contributed by atoms with Crippen molar-refractivity contribution < 1.29 is 4.79 Å². The van der Waals surface area contributed by atoms with Gasteiger partial charge in [-0.1, -0.05) is 32.8 Å². The Morgan fingerprint density at radius 1 is 1.36 bits per heavy atom. The van der Waals surface area contributed by atoms with Gasteiger partial charge in [-0.3, -0.25) is 4.79 Å². The summed E-state index contributed by atoms with van der Waals surface area (Å²) in [6.45, 7) is 7.18. The summed E-state index contributed by atoms with van der Waals surface area (Å²) in [5, 5.41) is 0. The Labute approximate surface area is 87.0 Å². The van der Waals surface area contributed by atoms with Crippen LogP contribution in [0.4, 0.5) is 0 Å². The predicted octanol–water partition coefficient (Wildman–Crippen LogP) is 2.74. The standard InChI is InChI=1S/C12H21NO/c1-4-6-8-13-11(7-5-2)9-10(3)12(13)14/h9,11H,4-8H2,1-3H3. The molecule has 1 rings (SSSR count). The second-order valence-electron chi connectivity index (χ2n) is 4.06. The maximum absolute atomic E-state index is 11.8. The van der Waals surface area contributed by atoms with E-state index in [1.54, 1.807) is 0 Å². The minimum absolute atomic E-state index is 0.247. The van der Waals surface area contributed by atoms with Crippen LogP contribution in [0.25, 0.3) is 0 Å². The molecule has 0 saturated carbocycles. The zero-order chi connectivity index (χ0) is 10.6. The average Bonchev–Trinajstić information content (AvgIpc) is 2.42. The van der Waals surface area contributed by atoms with Gasteiger partial charge in [-0.15, -0.1) is 0 Å². The maximum atomic E-state index is 11.8. The van der Waals surface area contributed by atoms with Gasteiger partial charge in [-0.05, 0) is 19.8 Å². The van der Waals surface area contributed by atoms with Crippen molar-refractivity contribution in [2.45, 2.75) is 52.5 Å². The summed E-state index contributed by atoms with van der Waals surface area (Å²) >= 11 is 0. The first kappa shape index (κ1) is 11.3. The highest BCUT2D eigenvalue weighted by Crippen LogP contribution is 2.21. The SMILES string of the molecule is CCCCN1C(=O)C(C)=CC1CCC. The van der Waals surface area contributed by atoms with Crippen molar-refractivity contribution in [1.82, 2.24) is 4.90 Å². The highest BCUT2D eigenvalue weighted by Gasteiger charge is 2.28. The molecule has 0 N–H and O–H groups in total. The van der Waals surface area contributed by atoms with Crippen molar-refractivity contribution in [3.8, 4) is 0 Å². The molecule has 0 radical (unpaired) electrons. The van der Waals surface area contributed by atoms with Crippen molar-refractivity contribution in [2.24, 2.45) is 0 Å². The summed E-state index contributed by atoms with van der Waals surface area (Å²) in [7, 11) is 0. The molecule has 2 nitrogen and oxygen atoms in total. The van der Waals surface area contributed by atoms with Gasteiger partial charge in [0.15, 0.2) is 0 Å². The van der Waals surface area contributed by atoms with Gasteiger partial charge in [0.05, 0.1) is 6.04 Å². The quantitative estimate of drug-likeness (QED) is 0.660. The number of carbonyl (C=O) groups excluding carboxylic acids is 1. The van der Waals surface area contributed by atoms with Crippen LogP contribution in [-0.4, -0.2) is 23.4 Å². The first-order valence-corrected chi connectivity index (χ1v) is 5.70. The van der Waals surface area contributed by atoms with Crippen LogP contribution in [-0.2, 0) is 4.79 Å². The van der Waals surface area contributed by atoms with Crippen LogP contribution in [0.1, 0.15) is 46.5 Å². The zero-order valence-corrected chi connectivity index (χ0v) is 9.55. The summed E-state index contributed by atoms with van der Waals surface area (Å²) in [5.41, 5.74) is 0.930. The normalized spacial score (nSPS) is 21.6. The molecule has 1 aliphatic heterocycles. The second kappa shape index (κ2) is 5.18. The third kappa shape index (κ3) is 2.37. The highest BCUT2D eigenvalue weighted by molar-refractivity contribution is 5.95.